The Bertz CT molecular complexity index is 561. The molecule has 1 heterocycles. The first kappa shape index (κ1) is 14.6. The van der Waals surface area contributed by atoms with Crippen LogP contribution in [0, 0.1) is 0 Å². The summed E-state index contributed by atoms with van der Waals surface area (Å²) in [7, 11) is 1.64. The van der Waals surface area contributed by atoms with Crippen molar-refractivity contribution in [2.45, 2.75) is 13.5 Å². The molecule has 0 saturated heterocycles. The lowest BCUT2D eigenvalue weighted by molar-refractivity contribution is 0.291. The van der Waals surface area contributed by atoms with Crippen LogP contribution in [-0.4, -0.2) is 23.6 Å². The molecule has 2 aromatic rings. The number of aromatic nitrogens is 2. The van der Waals surface area contributed by atoms with Crippen LogP contribution in [0.5, 0.6) is 11.6 Å². The molecule has 0 aliphatic rings. The quantitative estimate of drug-likeness (QED) is 0.876. The van der Waals surface area contributed by atoms with Crippen LogP contribution in [0.15, 0.2) is 34.9 Å². The molecule has 0 saturated carbocycles. The Balaban J connectivity index is 2.03. The fourth-order valence-electron chi connectivity index (χ4n) is 1.57. The van der Waals surface area contributed by atoms with Gasteiger partial charge in [0.15, 0.2) is 0 Å². The summed E-state index contributed by atoms with van der Waals surface area (Å²) in [5.41, 5.74) is 1.04. The minimum absolute atomic E-state index is 0.436. The monoisotopic (exact) mass is 337 g/mol. The molecule has 0 aliphatic carbocycles. The maximum atomic E-state index is 5.70. The molecule has 106 valence electrons. The fourth-order valence-corrected chi connectivity index (χ4v) is 1.87. The number of hydrogen-bond acceptors (Lipinski definition) is 5. The van der Waals surface area contributed by atoms with E-state index in [0.29, 0.717) is 18.4 Å². The molecular formula is C14H16BrN3O2. The van der Waals surface area contributed by atoms with Crippen molar-refractivity contribution in [3.05, 3.63) is 40.5 Å². The molecule has 5 nitrogen and oxygen atoms in total. The Kier molecular flexibility index (Phi) is 5.17. The number of halogens is 1. The number of anilines is 1. The number of nitrogens with one attached hydrogen (secondary N) is 1. The number of ether oxygens (including phenoxy) is 2. The lowest BCUT2D eigenvalue weighted by atomic mass is 10.2. The van der Waals surface area contributed by atoms with E-state index in [1.165, 1.54) is 0 Å². The van der Waals surface area contributed by atoms with E-state index in [1.54, 1.807) is 13.3 Å². The maximum absolute atomic E-state index is 5.70. The third kappa shape index (κ3) is 3.84. The summed E-state index contributed by atoms with van der Waals surface area (Å²) >= 11 is 3.38. The van der Waals surface area contributed by atoms with Gasteiger partial charge in [-0.3, -0.25) is 0 Å². The molecule has 0 fully saturated rings. The second-order valence-corrected chi connectivity index (χ2v) is 4.87. The van der Waals surface area contributed by atoms with E-state index >= 15 is 0 Å². The van der Waals surface area contributed by atoms with E-state index in [-0.39, 0.29) is 0 Å². The van der Waals surface area contributed by atoms with Crippen LogP contribution in [0.1, 0.15) is 12.5 Å². The highest BCUT2D eigenvalue weighted by Gasteiger charge is 2.06. The van der Waals surface area contributed by atoms with Gasteiger partial charge in [0, 0.05) is 6.54 Å². The predicted molar refractivity (Wildman–Crippen MR) is 81.2 cm³/mol. The zero-order valence-corrected chi connectivity index (χ0v) is 13.0. The summed E-state index contributed by atoms with van der Waals surface area (Å²) in [6.07, 6.45) is 1.67. The van der Waals surface area contributed by atoms with Crippen molar-refractivity contribution in [2.24, 2.45) is 0 Å². The lowest BCUT2D eigenvalue weighted by Crippen LogP contribution is -2.04. The molecule has 0 atom stereocenters. The average Bonchev–Trinajstić information content (AvgIpc) is 2.48. The van der Waals surface area contributed by atoms with Crippen molar-refractivity contribution >= 4 is 21.9 Å². The molecule has 0 radical (unpaired) electrons. The minimum Gasteiger partial charge on any atom is -0.497 e. The molecule has 1 aromatic heterocycles. The Morgan fingerprint density at radius 1 is 1.25 bits per heavy atom. The zero-order valence-electron chi connectivity index (χ0n) is 11.4. The van der Waals surface area contributed by atoms with Crippen molar-refractivity contribution < 1.29 is 9.47 Å². The summed E-state index contributed by atoms with van der Waals surface area (Å²) < 4.78 is 11.6. The van der Waals surface area contributed by atoms with Crippen molar-refractivity contribution in [3.8, 4) is 11.6 Å². The smallest absolute Gasteiger partial charge is 0.233 e. The minimum atomic E-state index is 0.436. The summed E-state index contributed by atoms with van der Waals surface area (Å²) in [6.45, 7) is 3.19. The van der Waals surface area contributed by atoms with Crippen LogP contribution < -0.4 is 14.8 Å². The van der Waals surface area contributed by atoms with Crippen molar-refractivity contribution in [2.75, 3.05) is 19.0 Å². The van der Waals surface area contributed by atoms with Crippen molar-refractivity contribution in [1.29, 1.82) is 0 Å². The molecular weight excluding hydrogens is 322 g/mol. The van der Waals surface area contributed by atoms with Gasteiger partial charge in [-0.2, -0.15) is 4.98 Å². The van der Waals surface area contributed by atoms with Gasteiger partial charge in [0.2, 0.25) is 11.8 Å². The van der Waals surface area contributed by atoms with E-state index in [0.717, 1.165) is 22.3 Å². The van der Waals surface area contributed by atoms with Gasteiger partial charge in [0.25, 0.3) is 0 Å². The van der Waals surface area contributed by atoms with Gasteiger partial charge in [-0.05, 0) is 40.5 Å². The Morgan fingerprint density at radius 2 is 2.00 bits per heavy atom. The lowest BCUT2D eigenvalue weighted by Gasteiger charge is -2.09. The Hall–Kier alpha value is -1.82. The zero-order chi connectivity index (χ0) is 14.4. The number of rotatable bonds is 6. The molecule has 0 unspecified atom stereocenters. The topological polar surface area (TPSA) is 56.3 Å². The second kappa shape index (κ2) is 7.09. The SMILES string of the molecule is CCNc1ncc(Br)c(OCc2ccc(OC)cc2)n1. The normalized spacial score (nSPS) is 10.2. The molecule has 0 spiro atoms. The van der Waals surface area contributed by atoms with E-state index in [1.807, 2.05) is 31.2 Å². The van der Waals surface area contributed by atoms with Crippen molar-refractivity contribution in [1.82, 2.24) is 9.97 Å². The van der Waals surface area contributed by atoms with Gasteiger partial charge in [0.1, 0.15) is 12.4 Å². The third-order valence-electron chi connectivity index (χ3n) is 2.58. The third-order valence-corrected chi connectivity index (χ3v) is 3.13. The highest BCUT2D eigenvalue weighted by molar-refractivity contribution is 9.10. The van der Waals surface area contributed by atoms with Gasteiger partial charge in [0.05, 0.1) is 17.8 Å². The first-order valence-electron chi connectivity index (χ1n) is 6.25. The van der Waals surface area contributed by atoms with Crippen molar-refractivity contribution in [3.63, 3.8) is 0 Å². The highest BCUT2D eigenvalue weighted by Crippen LogP contribution is 2.23. The number of methoxy groups -OCH3 is 1. The van der Waals surface area contributed by atoms with Crippen LogP contribution in [0.2, 0.25) is 0 Å². The number of nitrogens with zero attached hydrogens (tertiary/aromatic N) is 2. The number of benzene rings is 1. The molecule has 0 aliphatic heterocycles. The van der Waals surface area contributed by atoms with Crippen LogP contribution in [0.25, 0.3) is 0 Å². The van der Waals surface area contributed by atoms with Gasteiger partial charge in [-0.15, -0.1) is 0 Å². The molecule has 20 heavy (non-hydrogen) atoms. The van der Waals surface area contributed by atoms with E-state index < -0.39 is 0 Å². The van der Waals surface area contributed by atoms with E-state index in [2.05, 4.69) is 31.2 Å². The van der Waals surface area contributed by atoms with Gasteiger partial charge in [-0.1, -0.05) is 12.1 Å². The van der Waals surface area contributed by atoms with Gasteiger partial charge < -0.3 is 14.8 Å². The average molecular weight is 338 g/mol. The van der Waals surface area contributed by atoms with E-state index in [4.69, 9.17) is 9.47 Å². The molecule has 0 amide bonds. The Morgan fingerprint density at radius 3 is 2.65 bits per heavy atom. The molecule has 1 N–H and O–H groups in total. The molecule has 6 heteroatoms. The first-order chi connectivity index (χ1) is 9.72. The van der Waals surface area contributed by atoms with Crippen LogP contribution in [0.3, 0.4) is 0 Å². The second-order valence-electron chi connectivity index (χ2n) is 4.01. The van der Waals surface area contributed by atoms with E-state index in [9.17, 15) is 0 Å². The summed E-state index contributed by atoms with van der Waals surface area (Å²) in [5, 5.41) is 3.05. The number of hydrogen-bond donors (Lipinski definition) is 1. The summed E-state index contributed by atoms with van der Waals surface area (Å²) in [6, 6.07) is 7.72. The first-order valence-corrected chi connectivity index (χ1v) is 7.04. The largest absolute Gasteiger partial charge is 0.497 e. The fraction of sp³-hybridized carbons (Fsp3) is 0.286. The highest BCUT2D eigenvalue weighted by atomic mass is 79.9. The summed E-state index contributed by atoms with van der Waals surface area (Å²) in [4.78, 5) is 8.44. The molecule has 1 aromatic carbocycles. The standard InChI is InChI=1S/C14H16BrN3O2/c1-3-16-14-17-8-12(15)13(18-14)20-9-10-4-6-11(19-2)7-5-10/h4-8H,3,9H2,1-2H3,(H,16,17,18). The summed E-state index contributed by atoms with van der Waals surface area (Å²) in [5.74, 6) is 1.90. The Labute approximate surface area is 126 Å². The molecule has 2 rings (SSSR count). The van der Waals surface area contributed by atoms with Crippen LogP contribution in [0.4, 0.5) is 5.95 Å². The van der Waals surface area contributed by atoms with Crippen LogP contribution >= 0.6 is 15.9 Å². The van der Waals surface area contributed by atoms with Crippen LogP contribution in [-0.2, 0) is 6.61 Å². The van der Waals surface area contributed by atoms with Gasteiger partial charge in [-0.25, -0.2) is 4.98 Å². The predicted octanol–water partition coefficient (Wildman–Crippen LogP) is 3.26. The van der Waals surface area contributed by atoms with Gasteiger partial charge >= 0.3 is 0 Å². The molecule has 0 bridgehead atoms. The maximum Gasteiger partial charge on any atom is 0.233 e.